The lowest BCUT2D eigenvalue weighted by atomic mass is 10.2. The Hall–Kier alpha value is -2.83. The minimum absolute atomic E-state index is 0.0414. The van der Waals surface area contributed by atoms with Crippen LogP contribution in [0.15, 0.2) is 41.3 Å². The van der Waals surface area contributed by atoms with Crippen molar-refractivity contribution in [2.24, 2.45) is 0 Å². The lowest BCUT2D eigenvalue weighted by Crippen LogP contribution is -2.37. The minimum Gasteiger partial charge on any atom is -0.506 e. The summed E-state index contributed by atoms with van der Waals surface area (Å²) in [6, 6.07) is 4.70. The molecular weight excluding hydrogens is 298 g/mol. The summed E-state index contributed by atoms with van der Waals surface area (Å²) in [7, 11) is 0. The number of carbonyl (C=O) groups excluding carboxylic acids is 2. The highest BCUT2D eigenvalue weighted by Crippen LogP contribution is 2.14. The summed E-state index contributed by atoms with van der Waals surface area (Å²) in [4.78, 5) is 31.9. The second-order valence-electron chi connectivity index (χ2n) is 5.35. The van der Waals surface area contributed by atoms with Gasteiger partial charge in [0.05, 0.1) is 18.0 Å². The number of hydrogen-bond acceptors (Lipinski definition) is 5. The molecule has 120 valence electrons. The van der Waals surface area contributed by atoms with Crippen LogP contribution in [-0.2, 0) is 0 Å². The standard InChI is InChI=1S/C16H17N3O4/c20-13-9-12(10-17-11-13)15(21)18-4-2-5-19(7-6-18)16(22)14-3-1-8-23-14/h1,3,8-11,20H,2,4-7H2. The van der Waals surface area contributed by atoms with Gasteiger partial charge in [0.2, 0.25) is 0 Å². The van der Waals surface area contributed by atoms with Crippen molar-refractivity contribution in [2.45, 2.75) is 6.42 Å². The Bertz CT molecular complexity index is 699. The Labute approximate surface area is 133 Å². The van der Waals surface area contributed by atoms with E-state index in [1.807, 2.05) is 0 Å². The van der Waals surface area contributed by atoms with Crippen molar-refractivity contribution < 1.29 is 19.1 Å². The molecule has 0 radical (unpaired) electrons. The number of aromatic hydroxyl groups is 1. The molecule has 2 aromatic heterocycles. The maximum absolute atomic E-state index is 12.5. The fourth-order valence-electron chi connectivity index (χ4n) is 2.61. The highest BCUT2D eigenvalue weighted by Gasteiger charge is 2.24. The topological polar surface area (TPSA) is 86.9 Å². The normalized spacial score (nSPS) is 15.3. The fraction of sp³-hybridized carbons (Fsp3) is 0.312. The van der Waals surface area contributed by atoms with Crippen molar-refractivity contribution in [3.05, 3.63) is 48.2 Å². The zero-order chi connectivity index (χ0) is 16.2. The SMILES string of the molecule is O=C(c1cncc(O)c1)N1CCCN(C(=O)c2ccco2)CC1. The van der Waals surface area contributed by atoms with Gasteiger partial charge < -0.3 is 19.3 Å². The van der Waals surface area contributed by atoms with Crippen molar-refractivity contribution >= 4 is 11.8 Å². The van der Waals surface area contributed by atoms with Crippen LogP contribution in [0.2, 0.25) is 0 Å². The summed E-state index contributed by atoms with van der Waals surface area (Å²) < 4.78 is 5.14. The number of pyridine rings is 1. The van der Waals surface area contributed by atoms with Gasteiger partial charge in [-0.1, -0.05) is 0 Å². The third-order valence-corrected chi connectivity index (χ3v) is 3.77. The molecule has 0 bridgehead atoms. The van der Waals surface area contributed by atoms with E-state index >= 15 is 0 Å². The number of aromatic nitrogens is 1. The molecule has 1 saturated heterocycles. The van der Waals surface area contributed by atoms with Crippen molar-refractivity contribution in [2.75, 3.05) is 26.2 Å². The van der Waals surface area contributed by atoms with Crippen LogP contribution in [0.25, 0.3) is 0 Å². The lowest BCUT2D eigenvalue weighted by molar-refractivity contribution is 0.0700. The Kier molecular flexibility index (Phi) is 4.27. The number of nitrogens with zero attached hydrogens (tertiary/aromatic N) is 3. The first kappa shape index (κ1) is 15.1. The predicted molar refractivity (Wildman–Crippen MR) is 81.0 cm³/mol. The van der Waals surface area contributed by atoms with E-state index in [-0.39, 0.29) is 17.6 Å². The molecule has 0 spiro atoms. The monoisotopic (exact) mass is 315 g/mol. The molecule has 7 heteroatoms. The van der Waals surface area contributed by atoms with Crippen LogP contribution in [0, 0.1) is 0 Å². The summed E-state index contributed by atoms with van der Waals surface area (Å²) in [5.74, 6) is -0.0914. The van der Waals surface area contributed by atoms with Crippen molar-refractivity contribution in [1.82, 2.24) is 14.8 Å². The van der Waals surface area contributed by atoms with Crippen LogP contribution in [0.4, 0.5) is 0 Å². The van der Waals surface area contributed by atoms with E-state index in [0.717, 1.165) is 0 Å². The van der Waals surface area contributed by atoms with Gasteiger partial charge in [-0.05, 0) is 24.6 Å². The van der Waals surface area contributed by atoms with Crippen LogP contribution in [0.5, 0.6) is 5.75 Å². The Balaban J connectivity index is 1.66. The predicted octanol–water partition coefficient (Wildman–Crippen LogP) is 1.37. The van der Waals surface area contributed by atoms with E-state index in [1.165, 1.54) is 24.7 Å². The molecule has 0 saturated carbocycles. The third kappa shape index (κ3) is 3.33. The van der Waals surface area contributed by atoms with Gasteiger partial charge in [0.1, 0.15) is 5.75 Å². The van der Waals surface area contributed by atoms with Gasteiger partial charge in [0.25, 0.3) is 11.8 Å². The summed E-state index contributed by atoms with van der Waals surface area (Å²) in [5.41, 5.74) is 0.343. The van der Waals surface area contributed by atoms with E-state index in [0.29, 0.717) is 43.9 Å². The van der Waals surface area contributed by atoms with Gasteiger partial charge in [-0.3, -0.25) is 14.6 Å². The molecule has 23 heavy (non-hydrogen) atoms. The first-order valence-electron chi connectivity index (χ1n) is 7.41. The number of hydrogen-bond donors (Lipinski definition) is 1. The van der Waals surface area contributed by atoms with E-state index in [9.17, 15) is 14.7 Å². The van der Waals surface area contributed by atoms with Crippen molar-refractivity contribution in [1.29, 1.82) is 0 Å². The number of furan rings is 1. The van der Waals surface area contributed by atoms with E-state index in [4.69, 9.17) is 4.42 Å². The van der Waals surface area contributed by atoms with Gasteiger partial charge in [-0.15, -0.1) is 0 Å². The van der Waals surface area contributed by atoms with Crippen LogP contribution in [-0.4, -0.2) is 57.9 Å². The molecule has 3 heterocycles. The lowest BCUT2D eigenvalue weighted by Gasteiger charge is -2.21. The summed E-state index contributed by atoms with van der Waals surface area (Å²) in [5, 5.41) is 9.44. The van der Waals surface area contributed by atoms with Crippen LogP contribution < -0.4 is 0 Å². The summed E-state index contributed by atoms with van der Waals surface area (Å²) in [6.45, 7) is 2.00. The highest BCUT2D eigenvalue weighted by atomic mass is 16.3. The molecule has 2 amide bonds. The molecule has 0 atom stereocenters. The molecule has 1 aliphatic heterocycles. The van der Waals surface area contributed by atoms with Crippen LogP contribution in [0.3, 0.4) is 0 Å². The molecular formula is C16H17N3O4. The average Bonchev–Trinajstić information content (AvgIpc) is 2.98. The zero-order valence-corrected chi connectivity index (χ0v) is 12.5. The summed E-state index contributed by atoms with van der Waals surface area (Å²) in [6.07, 6.45) is 4.86. The van der Waals surface area contributed by atoms with Gasteiger partial charge in [-0.25, -0.2) is 0 Å². The Morgan fingerprint density at radius 1 is 1.09 bits per heavy atom. The molecule has 0 aromatic carbocycles. The molecule has 1 fully saturated rings. The van der Waals surface area contributed by atoms with Crippen LogP contribution in [0.1, 0.15) is 27.3 Å². The number of rotatable bonds is 2. The van der Waals surface area contributed by atoms with Crippen molar-refractivity contribution in [3.63, 3.8) is 0 Å². The zero-order valence-electron chi connectivity index (χ0n) is 12.5. The highest BCUT2D eigenvalue weighted by molar-refractivity contribution is 5.94. The second kappa shape index (κ2) is 6.51. The molecule has 3 rings (SSSR count). The fourth-order valence-corrected chi connectivity index (χ4v) is 2.61. The smallest absolute Gasteiger partial charge is 0.289 e. The van der Waals surface area contributed by atoms with Gasteiger partial charge in [0, 0.05) is 32.4 Å². The molecule has 7 nitrogen and oxygen atoms in total. The quantitative estimate of drug-likeness (QED) is 0.904. The number of carbonyl (C=O) groups is 2. The van der Waals surface area contributed by atoms with E-state index < -0.39 is 0 Å². The number of amides is 2. The molecule has 0 aliphatic carbocycles. The summed E-state index contributed by atoms with van der Waals surface area (Å²) >= 11 is 0. The van der Waals surface area contributed by atoms with Crippen molar-refractivity contribution in [3.8, 4) is 5.75 Å². The van der Waals surface area contributed by atoms with E-state index in [1.54, 1.807) is 21.9 Å². The Morgan fingerprint density at radius 3 is 2.48 bits per heavy atom. The maximum atomic E-state index is 12.5. The molecule has 1 N–H and O–H groups in total. The van der Waals surface area contributed by atoms with Gasteiger partial charge in [-0.2, -0.15) is 0 Å². The first-order chi connectivity index (χ1) is 11.1. The first-order valence-corrected chi connectivity index (χ1v) is 7.41. The molecule has 2 aromatic rings. The average molecular weight is 315 g/mol. The Morgan fingerprint density at radius 2 is 1.83 bits per heavy atom. The third-order valence-electron chi connectivity index (χ3n) is 3.77. The maximum Gasteiger partial charge on any atom is 0.289 e. The van der Waals surface area contributed by atoms with Gasteiger partial charge >= 0.3 is 0 Å². The molecule has 0 unspecified atom stereocenters. The van der Waals surface area contributed by atoms with Gasteiger partial charge in [0.15, 0.2) is 5.76 Å². The second-order valence-corrected chi connectivity index (χ2v) is 5.35. The molecule has 1 aliphatic rings. The van der Waals surface area contributed by atoms with E-state index in [2.05, 4.69) is 4.98 Å². The largest absolute Gasteiger partial charge is 0.506 e. The minimum atomic E-state index is -0.194. The van der Waals surface area contributed by atoms with Crippen LogP contribution >= 0.6 is 0 Å².